The number of halogens is 2. The molecule has 14 heavy (non-hydrogen) atoms. The fourth-order valence-electron chi connectivity index (χ4n) is 1.37. The van der Waals surface area contributed by atoms with Crippen molar-refractivity contribution in [2.45, 2.75) is 6.42 Å². The highest BCUT2D eigenvalue weighted by molar-refractivity contribution is 9.09. The molecule has 72 valence electrons. The first-order valence-corrected chi connectivity index (χ1v) is 5.91. The molecule has 0 fully saturated rings. The van der Waals surface area contributed by atoms with E-state index in [2.05, 4.69) is 33.0 Å². The molecule has 0 aliphatic heterocycles. The van der Waals surface area contributed by atoms with Crippen LogP contribution in [0.25, 0.3) is 10.9 Å². The number of fused-ring (bicyclic) bond motifs is 1. The van der Waals surface area contributed by atoms with Crippen LogP contribution in [0.3, 0.4) is 0 Å². The highest BCUT2D eigenvalue weighted by atomic mass is 79.9. The lowest BCUT2D eigenvalue weighted by Gasteiger charge is -2.01. The maximum atomic E-state index is 5.90. The summed E-state index contributed by atoms with van der Waals surface area (Å²) in [5.74, 6) is 0. The number of alkyl halides is 1. The number of hydrogen-bond donors (Lipinski definition) is 0. The van der Waals surface area contributed by atoms with Crippen LogP contribution in [0.2, 0.25) is 5.02 Å². The van der Waals surface area contributed by atoms with Crippen molar-refractivity contribution in [2.24, 2.45) is 0 Å². The van der Waals surface area contributed by atoms with Crippen molar-refractivity contribution in [1.29, 1.82) is 0 Å². The monoisotopic (exact) mass is 269 g/mol. The van der Waals surface area contributed by atoms with E-state index in [0.717, 1.165) is 33.4 Å². The number of benzene rings is 1. The fraction of sp³-hybridized carbons (Fsp3) is 0.182. The molecular weight excluding hydrogens is 261 g/mol. The lowest BCUT2D eigenvalue weighted by molar-refractivity contribution is 1.08. The summed E-state index contributed by atoms with van der Waals surface area (Å²) in [5.41, 5.74) is 2.06. The van der Waals surface area contributed by atoms with E-state index >= 15 is 0 Å². The van der Waals surface area contributed by atoms with Crippen LogP contribution in [0.5, 0.6) is 0 Å². The lowest BCUT2D eigenvalue weighted by atomic mass is 10.2. The Kier molecular flexibility index (Phi) is 3.04. The van der Waals surface area contributed by atoms with Crippen LogP contribution in [0.1, 0.15) is 5.69 Å². The Morgan fingerprint density at radius 2 is 2.00 bits per heavy atom. The van der Waals surface area contributed by atoms with Gasteiger partial charge in [0.2, 0.25) is 0 Å². The molecule has 0 aliphatic carbocycles. The molecule has 2 aromatic rings. The van der Waals surface area contributed by atoms with E-state index in [9.17, 15) is 0 Å². The zero-order valence-electron chi connectivity index (χ0n) is 7.50. The minimum Gasteiger partial charge on any atom is -0.253 e. The van der Waals surface area contributed by atoms with Crippen molar-refractivity contribution in [3.8, 4) is 0 Å². The molecule has 0 aliphatic rings. The van der Waals surface area contributed by atoms with E-state index in [0.29, 0.717) is 0 Å². The molecule has 0 spiro atoms. The molecule has 1 aromatic heterocycles. The molecule has 2 rings (SSSR count). The Morgan fingerprint density at radius 1 is 1.21 bits per heavy atom. The molecule has 0 N–H and O–H groups in total. The molecule has 0 saturated carbocycles. The van der Waals surface area contributed by atoms with Crippen LogP contribution in [-0.2, 0) is 6.42 Å². The van der Waals surface area contributed by atoms with Crippen LogP contribution in [0, 0.1) is 0 Å². The number of aromatic nitrogens is 1. The van der Waals surface area contributed by atoms with E-state index in [1.807, 2.05) is 18.2 Å². The second-order valence-corrected chi connectivity index (χ2v) is 4.31. The zero-order chi connectivity index (χ0) is 9.97. The largest absolute Gasteiger partial charge is 0.253 e. The molecule has 0 saturated heterocycles. The molecule has 0 atom stereocenters. The molecular formula is C11H9BrClN. The Hall–Kier alpha value is -0.600. The van der Waals surface area contributed by atoms with Gasteiger partial charge in [0.1, 0.15) is 0 Å². The number of hydrogen-bond acceptors (Lipinski definition) is 1. The van der Waals surface area contributed by atoms with E-state index < -0.39 is 0 Å². The number of aryl methyl sites for hydroxylation is 1. The Labute approximate surface area is 96.2 Å². The molecule has 0 unspecified atom stereocenters. The van der Waals surface area contributed by atoms with Crippen LogP contribution >= 0.6 is 27.5 Å². The van der Waals surface area contributed by atoms with Gasteiger partial charge in [0.15, 0.2) is 0 Å². The van der Waals surface area contributed by atoms with Gasteiger partial charge in [-0.25, -0.2) is 0 Å². The summed E-state index contributed by atoms with van der Waals surface area (Å²) in [6.45, 7) is 0. The summed E-state index contributed by atoms with van der Waals surface area (Å²) < 4.78 is 0. The number of pyridine rings is 1. The summed E-state index contributed by atoms with van der Waals surface area (Å²) in [4.78, 5) is 4.51. The molecule has 0 radical (unpaired) electrons. The van der Waals surface area contributed by atoms with Gasteiger partial charge in [0, 0.05) is 21.4 Å². The first kappa shape index (κ1) is 9.94. The molecule has 0 bridgehead atoms. The standard InChI is InChI=1S/C11H9BrClN/c12-6-5-10-4-2-8-1-3-9(13)7-11(8)14-10/h1-4,7H,5-6H2. The van der Waals surface area contributed by atoms with Gasteiger partial charge >= 0.3 is 0 Å². The summed E-state index contributed by atoms with van der Waals surface area (Å²) in [6, 6.07) is 9.90. The zero-order valence-corrected chi connectivity index (χ0v) is 9.85. The third-order valence-corrected chi connectivity index (χ3v) is 2.69. The van der Waals surface area contributed by atoms with Crippen LogP contribution < -0.4 is 0 Å². The van der Waals surface area contributed by atoms with Gasteiger partial charge in [-0.1, -0.05) is 39.7 Å². The Balaban J connectivity index is 2.52. The molecule has 1 nitrogen and oxygen atoms in total. The normalized spacial score (nSPS) is 10.7. The van der Waals surface area contributed by atoms with Crippen molar-refractivity contribution in [3.63, 3.8) is 0 Å². The average molecular weight is 271 g/mol. The summed E-state index contributed by atoms with van der Waals surface area (Å²) >= 11 is 9.30. The van der Waals surface area contributed by atoms with Crippen molar-refractivity contribution >= 4 is 38.4 Å². The van der Waals surface area contributed by atoms with Crippen molar-refractivity contribution < 1.29 is 0 Å². The second-order valence-electron chi connectivity index (χ2n) is 3.08. The van der Waals surface area contributed by atoms with Gasteiger partial charge in [-0.05, 0) is 24.6 Å². The van der Waals surface area contributed by atoms with E-state index in [-0.39, 0.29) is 0 Å². The average Bonchev–Trinajstić information content (AvgIpc) is 2.17. The van der Waals surface area contributed by atoms with Crippen molar-refractivity contribution in [3.05, 3.63) is 41.0 Å². The minimum atomic E-state index is 0.737. The maximum absolute atomic E-state index is 5.90. The first-order valence-electron chi connectivity index (χ1n) is 4.41. The predicted molar refractivity (Wildman–Crippen MR) is 64.3 cm³/mol. The minimum absolute atomic E-state index is 0.737. The Morgan fingerprint density at radius 3 is 2.79 bits per heavy atom. The molecule has 1 heterocycles. The van der Waals surface area contributed by atoms with Crippen molar-refractivity contribution in [2.75, 3.05) is 5.33 Å². The maximum Gasteiger partial charge on any atom is 0.0720 e. The fourth-order valence-corrected chi connectivity index (χ4v) is 1.94. The molecule has 0 amide bonds. The van der Waals surface area contributed by atoms with Gasteiger partial charge in [0.05, 0.1) is 5.52 Å². The van der Waals surface area contributed by atoms with Crippen LogP contribution in [-0.4, -0.2) is 10.3 Å². The topological polar surface area (TPSA) is 12.9 Å². The second kappa shape index (κ2) is 4.28. The third kappa shape index (κ3) is 2.07. The summed E-state index contributed by atoms with van der Waals surface area (Å²) in [6.07, 6.45) is 0.947. The smallest absolute Gasteiger partial charge is 0.0720 e. The first-order chi connectivity index (χ1) is 6.79. The predicted octanol–water partition coefficient (Wildman–Crippen LogP) is 3.83. The van der Waals surface area contributed by atoms with Gasteiger partial charge in [0.25, 0.3) is 0 Å². The number of rotatable bonds is 2. The van der Waals surface area contributed by atoms with Crippen LogP contribution in [0.15, 0.2) is 30.3 Å². The van der Waals surface area contributed by atoms with Gasteiger partial charge < -0.3 is 0 Å². The van der Waals surface area contributed by atoms with Crippen LogP contribution in [0.4, 0.5) is 0 Å². The van der Waals surface area contributed by atoms with Gasteiger partial charge in [-0.2, -0.15) is 0 Å². The number of nitrogens with zero attached hydrogens (tertiary/aromatic N) is 1. The third-order valence-electron chi connectivity index (χ3n) is 2.06. The summed E-state index contributed by atoms with van der Waals surface area (Å²) in [5, 5.41) is 2.81. The summed E-state index contributed by atoms with van der Waals surface area (Å²) in [7, 11) is 0. The van der Waals surface area contributed by atoms with Gasteiger partial charge in [-0.3, -0.25) is 4.98 Å². The van der Waals surface area contributed by atoms with E-state index in [1.54, 1.807) is 0 Å². The Bertz CT molecular complexity index is 456. The SMILES string of the molecule is Clc1ccc2ccc(CCBr)nc2c1. The highest BCUT2D eigenvalue weighted by Gasteiger charge is 1.98. The van der Waals surface area contributed by atoms with E-state index in [4.69, 9.17) is 11.6 Å². The highest BCUT2D eigenvalue weighted by Crippen LogP contribution is 2.18. The lowest BCUT2D eigenvalue weighted by Crippen LogP contribution is -1.90. The molecule has 1 aromatic carbocycles. The molecule has 3 heteroatoms. The van der Waals surface area contributed by atoms with Crippen molar-refractivity contribution in [1.82, 2.24) is 4.98 Å². The van der Waals surface area contributed by atoms with E-state index in [1.165, 1.54) is 0 Å². The van der Waals surface area contributed by atoms with Gasteiger partial charge in [-0.15, -0.1) is 0 Å². The quantitative estimate of drug-likeness (QED) is 0.756.